The Morgan fingerprint density at radius 2 is 2.06 bits per heavy atom. The van der Waals surface area contributed by atoms with Crippen molar-refractivity contribution in [2.24, 2.45) is 0 Å². The van der Waals surface area contributed by atoms with Crippen LogP contribution in [0, 0.1) is 0 Å². The van der Waals surface area contributed by atoms with Crippen molar-refractivity contribution >= 4 is 5.97 Å². The number of carboxylic acids is 1. The molecule has 0 saturated heterocycles. The Labute approximate surface area is 98.6 Å². The average Bonchev–Trinajstić information content (AvgIpc) is 2.17. The molecule has 0 aromatic rings. The quantitative estimate of drug-likeness (QED) is 0.694. The van der Waals surface area contributed by atoms with Crippen LogP contribution in [0.1, 0.15) is 40.5 Å². The molecule has 0 aliphatic carbocycles. The number of hydrogen-bond acceptors (Lipinski definition) is 3. The maximum absolute atomic E-state index is 10.6. The molecule has 0 aromatic heterocycles. The number of hydrogen-bond donors (Lipinski definition) is 1. The first-order chi connectivity index (χ1) is 7.32. The Kier molecular flexibility index (Phi) is 6.60. The van der Waals surface area contributed by atoms with Gasteiger partial charge in [-0.15, -0.1) is 0 Å². The van der Waals surface area contributed by atoms with Crippen molar-refractivity contribution < 1.29 is 14.6 Å². The lowest BCUT2D eigenvalue weighted by atomic mass is 10.0. The van der Waals surface area contributed by atoms with Gasteiger partial charge >= 0.3 is 5.97 Å². The van der Waals surface area contributed by atoms with Crippen LogP contribution in [0.5, 0.6) is 0 Å². The number of rotatable bonds is 8. The van der Waals surface area contributed by atoms with Gasteiger partial charge < -0.3 is 14.7 Å². The van der Waals surface area contributed by atoms with Crippen LogP contribution in [-0.2, 0) is 9.53 Å². The summed E-state index contributed by atoms with van der Waals surface area (Å²) in [5, 5.41) is 8.75. The molecule has 0 aliphatic rings. The predicted molar refractivity (Wildman–Crippen MR) is 64.7 cm³/mol. The summed E-state index contributed by atoms with van der Waals surface area (Å²) in [4.78, 5) is 12.8. The van der Waals surface area contributed by atoms with Gasteiger partial charge in [0.2, 0.25) is 0 Å². The van der Waals surface area contributed by atoms with Gasteiger partial charge in [0, 0.05) is 19.7 Å². The molecule has 1 N–H and O–H groups in total. The Balaban J connectivity index is 4.14. The summed E-state index contributed by atoms with van der Waals surface area (Å²) in [6, 6.07) is 0.0788. The number of carboxylic acid groups (broad SMARTS) is 1. The van der Waals surface area contributed by atoms with Crippen molar-refractivity contribution in [3.63, 3.8) is 0 Å². The monoisotopic (exact) mass is 231 g/mol. The number of carbonyl (C=O) groups is 1. The third-order valence-corrected chi connectivity index (χ3v) is 3.05. The summed E-state index contributed by atoms with van der Waals surface area (Å²) in [6.07, 6.45) is 1.10. The molecular weight excluding hydrogens is 206 g/mol. The first kappa shape index (κ1) is 15.4. The van der Waals surface area contributed by atoms with E-state index in [-0.39, 0.29) is 18.1 Å². The zero-order chi connectivity index (χ0) is 12.8. The Bertz CT molecular complexity index is 216. The minimum Gasteiger partial charge on any atom is -0.481 e. The van der Waals surface area contributed by atoms with Crippen molar-refractivity contribution in [1.82, 2.24) is 4.90 Å². The molecule has 0 heterocycles. The van der Waals surface area contributed by atoms with Gasteiger partial charge in [0.1, 0.15) is 0 Å². The molecule has 0 radical (unpaired) electrons. The van der Waals surface area contributed by atoms with Crippen molar-refractivity contribution in [1.29, 1.82) is 0 Å². The van der Waals surface area contributed by atoms with Crippen LogP contribution in [0.4, 0.5) is 0 Å². The lowest BCUT2D eigenvalue weighted by Crippen LogP contribution is -2.38. The second-order valence-corrected chi connectivity index (χ2v) is 4.79. The van der Waals surface area contributed by atoms with Crippen LogP contribution in [0.15, 0.2) is 0 Å². The van der Waals surface area contributed by atoms with E-state index in [1.54, 1.807) is 7.11 Å². The lowest BCUT2D eigenvalue weighted by molar-refractivity contribution is -0.138. The van der Waals surface area contributed by atoms with Crippen molar-refractivity contribution in [2.75, 3.05) is 20.2 Å². The molecule has 1 unspecified atom stereocenters. The Morgan fingerprint density at radius 1 is 1.50 bits per heavy atom. The first-order valence-electron chi connectivity index (χ1n) is 5.83. The van der Waals surface area contributed by atoms with Crippen LogP contribution in [0.3, 0.4) is 0 Å². The smallest absolute Gasteiger partial charge is 0.304 e. The molecule has 0 fully saturated rings. The molecular formula is C12H25NO3. The standard InChI is InChI=1S/C12H25NO3/c1-6-13(10(2)9-11(14)15)8-7-12(3,4)16-5/h10H,6-9H2,1-5H3,(H,14,15). The van der Waals surface area contributed by atoms with Crippen molar-refractivity contribution in [3.8, 4) is 0 Å². The highest BCUT2D eigenvalue weighted by Crippen LogP contribution is 2.15. The van der Waals surface area contributed by atoms with Crippen LogP contribution in [-0.4, -0.2) is 47.8 Å². The van der Waals surface area contributed by atoms with Crippen LogP contribution < -0.4 is 0 Å². The van der Waals surface area contributed by atoms with E-state index in [2.05, 4.69) is 11.8 Å². The average molecular weight is 231 g/mol. The Hall–Kier alpha value is -0.610. The molecule has 96 valence electrons. The topological polar surface area (TPSA) is 49.8 Å². The highest BCUT2D eigenvalue weighted by Gasteiger charge is 2.20. The summed E-state index contributed by atoms with van der Waals surface area (Å²) in [5.74, 6) is -0.739. The number of ether oxygens (including phenoxy) is 1. The van der Waals surface area contributed by atoms with Crippen LogP contribution >= 0.6 is 0 Å². The number of nitrogens with zero attached hydrogens (tertiary/aromatic N) is 1. The van der Waals surface area contributed by atoms with E-state index in [0.717, 1.165) is 19.5 Å². The molecule has 0 rings (SSSR count). The summed E-state index contributed by atoms with van der Waals surface area (Å²) >= 11 is 0. The molecule has 4 heteroatoms. The predicted octanol–water partition coefficient (Wildman–Crippen LogP) is 1.99. The molecule has 0 aliphatic heterocycles. The lowest BCUT2D eigenvalue weighted by Gasteiger charge is -2.31. The van der Waals surface area contributed by atoms with Crippen LogP contribution in [0.2, 0.25) is 0 Å². The zero-order valence-corrected chi connectivity index (χ0v) is 11.1. The summed E-state index contributed by atoms with van der Waals surface area (Å²) < 4.78 is 5.35. The van der Waals surface area contributed by atoms with Gasteiger partial charge in [-0.2, -0.15) is 0 Å². The second kappa shape index (κ2) is 6.86. The number of methoxy groups -OCH3 is 1. The van der Waals surface area contributed by atoms with E-state index >= 15 is 0 Å². The third kappa shape index (κ3) is 6.08. The fraction of sp³-hybridized carbons (Fsp3) is 0.917. The maximum atomic E-state index is 10.6. The highest BCUT2D eigenvalue weighted by atomic mass is 16.5. The Morgan fingerprint density at radius 3 is 2.44 bits per heavy atom. The fourth-order valence-corrected chi connectivity index (χ4v) is 1.59. The van der Waals surface area contributed by atoms with E-state index in [1.165, 1.54) is 0 Å². The van der Waals surface area contributed by atoms with Gasteiger partial charge in [-0.05, 0) is 33.7 Å². The normalized spacial score (nSPS) is 14.1. The fourth-order valence-electron chi connectivity index (χ4n) is 1.59. The molecule has 0 saturated carbocycles. The van der Waals surface area contributed by atoms with Gasteiger partial charge in [-0.25, -0.2) is 0 Å². The van der Waals surface area contributed by atoms with Gasteiger partial charge in [0.15, 0.2) is 0 Å². The van der Waals surface area contributed by atoms with Gasteiger partial charge in [0.25, 0.3) is 0 Å². The van der Waals surface area contributed by atoms with Crippen molar-refractivity contribution in [2.45, 2.75) is 52.2 Å². The summed E-state index contributed by atoms with van der Waals surface area (Å²) in [7, 11) is 1.71. The molecule has 4 nitrogen and oxygen atoms in total. The summed E-state index contributed by atoms with van der Waals surface area (Å²) in [5.41, 5.74) is -0.142. The minimum absolute atomic E-state index is 0.0788. The van der Waals surface area contributed by atoms with E-state index in [9.17, 15) is 4.79 Å². The molecule has 1 atom stereocenters. The van der Waals surface area contributed by atoms with E-state index < -0.39 is 5.97 Å². The zero-order valence-electron chi connectivity index (χ0n) is 11.1. The summed E-state index contributed by atoms with van der Waals surface area (Å²) in [6.45, 7) is 9.83. The number of aliphatic carboxylic acids is 1. The van der Waals surface area contributed by atoms with E-state index in [0.29, 0.717) is 0 Å². The van der Waals surface area contributed by atoms with Crippen molar-refractivity contribution in [3.05, 3.63) is 0 Å². The maximum Gasteiger partial charge on any atom is 0.304 e. The third-order valence-electron chi connectivity index (χ3n) is 3.05. The minimum atomic E-state index is -0.739. The molecule has 16 heavy (non-hydrogen) atoms. The second-order valence-electron chi connectivity index (χ2n) is 4.79. The van der Waals surface area contributed by atoms with Crippen LogP contribution in [0.25, 0.3) is 0 Å². The van der Waals surface area contributed by atoms with Gasteiger partial charge in [0.05, 0.1) is 12.0 Å². The molecule has 0 bridgehead atoms. The van der Waals surface area contributed by atoms with E-state index in [1.807, 2.05) is 20.8 Å². The van der Waals surface area contributed by atoms with Gasteiger partial charge in [-0.3, -0.25) is 4.79 Å². The molecule has 0 aromatic carbocycles. The molecule has 0 amide bonds. The molecule has 0 spiro atoms. The highest BCUT2D eigenvalue weighted by molar-refractivity contribution is 5.67. The van der Waals surface area contributed by atoms with Gasteiger partial charge in [-0.1, -0.05) is 6.92 Å². The first-order valence-corrected chi connectivity index (χ1v) is 5.83. The SMILES string of the molecule is CCN(CCC(C)(C)OC)C(C)CC(=O)O. The largest absolute Gasteiger partial charge is 0.481 e. The van der Waals surface area contributed by atoms with E-state index in [4.69, 9.17) is 9.84 Å².